The van der Waals surface area contributed by atoms with Crippen LogP contribution in [0.3, 0.4) is 0 Å². The fourth-order valence-corrected chi connectivity index (χ4v) is 5.58. The van der Waals surface area contributed by atoms with E-state index < -0.39 is 0 Å². The van der Waals surface area contributed by atoms with Gasteiger partial charge in [-0.3, -0.25) is 4.79 Å². The average molecular weight is 495 g/mol. The summed E-state index contributed by atoms with van der Waals surface area (Å²) in [7, 11) is 0. The number of anilines is 1. The summed E-state index contributed by atoms with van der Waals surface area (Å²) in [6, 6.07) is 18.4. The van der Waals surface area contributed by atoms with E-state index in [9.17, 15) is 4.79 Å². The van der Waals surface area contributed by atoms with Crippen LogP contribution < -0.4 is 5.32 Å². The molecule has 5 rings (SSSR count). The summed E-state index contributed by atoms with van der Waals surface area (Å²) in [6.45, 7) is 0. The van der Waals surface area contributed by atoms with Crippen LogP contribution in [0.25, 0.3) is 11.3 Å². The molecule has 2 aromatic heterocycles. The van der Waals surface area contributed by atoms with Crippen LogP contribution in [0.2, 0.25) is 10.0 Å². The summed E-state index contributed by atoms with van der Waals surface area (Å²) >= 11 is 14.0. The summed E-state index contributed by atoms with van der Waals surface area (Å²) < 4.78 is 5.94. The van der Waals surface area contributed by atoms with E-state index in [0.29, 0.717) is 32.1 Å². The SMILES string of the molecule is O=C(Nc1ccccc1)c1c(N=Cc2ccc(-c3cc(Cl)ccc3Cl)o2)sc2c1CCCC2. The number of para-hydroxylation sites is 1. The Kier molecular flexibility index (Phi) is 6.36. The average Bonchev–Trinajstić information content (AvgIpc) is 3.44. The third-order valence-corrected chi connectivity index (χ3v) is 7.31. The Morgan fingerprint density at radius 1 is 1.03 bits per heavy atom. The normalized spacial score (nSPS) is 13.3. The number of nitrogens with one attached hydrogen (secondary N) is 1. The maximum Gasteiger partial charge on any atom is 0.259 e. The second-order valence-electron chi connectivity index (χ2n) is 7.80. The van der Waals surface area contributed by atoms with Gasteiger partial charge in [0.25, 0.3) is 5.91 Å². The topological polar surface area (TPSA) is 54.6 Å². The first-order valence-electron chi connectivity index (χ1n) is 10.7. The number of carbonyl (C=O) groups excluding carboxylic acids is 1. The molecule has 33 heavy (non-hydrogen) atoms. The molecular weight excluding hydrogens is 475 g/mol. The van der Waals surface area contributed by atoms with Crippen LogP contribution in [0.4, 0.5) is 10.7 Å². The number of benzene rings is 2. The molecule has 0 fully saturated rings. The van der Waals surface area contributed by atoms with Crippen LogP contribution in [0.15, 0.2) is 70.1 Å². The molecule has 1 N–H and O–H groups in total. The largest absolute Gasteiger partial charge is 0.455 e. The zero-order valence-corrected chi connectivity index (χ0v) is 19.9. The first-order chi connectivity index (χ1) is 16.1. The van der Waals surface area contributed by atoms with Gasteiger partial charge in [-0.25, -0.2) is 4.99 Å². The number of aryl methyl sites for hydroxylation is 1. The van der Waals surface area contributed by atoms with Crippen molar-refractivity contribution in [3.63, 3.8) is 0 Å². The number of hydrogen-bond donors (Lipinski definition) is 1. The van der Waals surface area contributed by atoms with Gasteiger partial charge in [-0.2, -0.15) is 0 Å². The Hall–Kier alpha value is -2.86. The van der Waals surface area contributed by atoms with Crippen molar-refractivity contribution in [2.45, 2.75) is 25.7 Å². The zero-order valence-electron chi connectivity index (χ0n) is 17.6. The highest BCUT2D eigenvalue weighted by Crippen LogP contribution is 2.40. The number of furan rings is 1. The maximum absolute atomic E-state index is 13.2. The molecule has 7 heteroatoms. The lowest BCUT2D eigenvalue weighted by Gasteiger charge is -2.12. The number of nitrogens with zero attached hydrogens (tertiary/aromatic N) is 1. The molecule has 0 saturated heterocycles. The van der Waals surface area contributed by atoms with E-state index in [2.05, 4.69) is 10.3 Å². The van der Waals surface area contributed by atoms with Crippen molar-refractivity contribution in [3.05, 3.63) is 92.5 Å². The lowest BCUT2D eigenvalue weighted by molar-refractivity contribution is 0.102. The first kappa shape index (κ1) is 22.0. The van der Waals surface area contributed by atoms with Crippen molar-refractivity contribution in [1.82, 2.24) is 0 Å². The Labute approximate surface area is 205 Å². The Bertz CT molecular complexity index is 1340. The molecule has 0 bridgehead atoms. The lowest BCUT2D eigenvalue weighted by Crippen LogP contribution is -2.14. The van der Waals surface area contributed by atoms with Crippen LogP contribution in [-0.4, -0.2) is 12.1 Å². The highest BCUT2D eigenvalue weighted by atomic mass is 35.5. The van der Waals surface area contributed by atoms with Crippen molar-refractivity contribution in [3.8, 4) is 11.3 Å². The van der Waals surface area contributed by atoms with Gasteiger partial charge in [-0.1, -0.05) is 41.4 Å². The quantitative estimate of drug-likeness (QED) is 0.284. The third kappa shape index (κ3) is 4.76. The molecule has 0 unspecified atom stereocenters. The number of carbonyl (C=O) groups is 1. The number of aliphatic imine (C=N–C) groups is 1. The molecular formula is C26H20Cl2N2O2S. The smallest absolute Gasteiger partial charge is 0.259 e. The molecule has 0 spiro atoms. The number of amides is 1. The van der Waals surface area contributed by atoms with Crippen molar-refractivity contribution in [2.75, 3.05) is 5.32 Å². The van der Waals surface area contributed by atoms with Gasteiger partial charge in [0.1, 0.15) is 16.5 Å². The van der Waals surface area contributed by atoms with Gasteiger partial charge in [-0.05, 0) is 73.7 Å². The first-order valence-corrected chi connectivity index (χ1v) is 12.3. The Morgan fingerprint density at radius 2 is 1.85 bits per heavy atom. The maximum atomic E-state index is 13.2. The van der Waals surface area contributed by atoms with Crippen LogP contribution in [0, 0.1) is 0 Å². The van der Waals surface area contributed by atoms with Gasteiger partial charge in [0.2, 0.25) is 0 Å². The number of fused-ring (bicyclic) bond motifs is 1. The molecule has 4 aromatic rings. The third-order valence-electron chi connectivity index (χ3n) is 5.54. The minimum atomic E-state index is -0.126. The fourth-order valence-electron chi connectivity index (χ4n) is 3.97. The zero-order chi connectivity index (χ0) is 22.8. The van der Waals surface area contributed by atoms with E-state index in [1.165, 1.54) is 4.88 Å². The van der Waals surface area contributed by atoms with Gasteiger partial charge >= 0.3 is 0 Å². The predicted molar refractivity (Wildman–Crippen MR) is 137 cm³/mol. The number of halogens is 2. The van der Waals surface area contributed by atoms with Gasteiger partial charge in [0.15, 0.2) is 0 Å². The highest BCUT2D eigenvalue weighted by Gasteiger charge is 2.25. The van der Waals surface area contributed by atoms with Crippen LogP contribution >= 0.6 is 34.5 Å². The summed E-state index contributed by atoms with van der Waals surface area (Å²) in [5.74, 6) is 1.05. The van der Waals surface area contributed by atoms with Crippen LogP contribution in [0.1, 0.15) is 39.4 Å². The summed E-state index contributed by atoms with van der Waals surface area (Å²) in [6.07, 6.45) is 5.76. The van der Waals surface area contributed by atoms with Gasteiger partial charge < -0.3 is 9.73 Å². The van der Waals surface area contributed by atoms with E-state index in [1.54, 1.807) is 35.8 Å². The van der Waals surface area contributed by atoms with Crippen molar-refractivity contribution < 1.29 is 9.21 Å². The standard InChI is InChI=1S/C26H20Cl2N2O2S/c27-16-10-12-21(28)20(14-16)22-13-11-18(32-22)15-29-26-24(19-8-4-5-9-23(19)33-26)25(31)30-17-6-2-1-3-7-17/h1-3,6-7,10-15H,4-5,8-9H2,(H,30,31). The molecule has 1 amide bonds. The molecule has 4 nitrogen and oxygen atoms in total. The van der Waals surface area contributed by atoms with E-state index in [-0.39, 0.29) is 5.91 Å². The van der Waals surface area contributed by atoms with E-state index in [1.807, 2.05) is 42.5 Å². The van der Waals surface area contributed by atoms with Crippen molar-refractivity contribution in [1.29, 1.82) is 0 Å². The van der Waals surface area contributed by atoms with E-state index >= 15 is 0 Å². The number of thiophene rings is 1. The minimum absolute atomic E-state index is 0.126. The summed E-state index contributed by atoms with van der Waals surface area (Å²) in [4.78, 5) is 19.1. The van der Waals surface area contributed by atoms with Crippen molar-refractivity contribution >= 4 is 57.3 Å². The van der Waals surface area contributed by atoms with Crippen molar-refractivity contribution in [2.24, 2.45) is 4.99 Å². The number of hydrogen-bond acceptors (Lipinski definition) is 4. The van der Waals surface area contributed by atoms with Crippen LogP contribution in [-0.2, 0) is 12.8 Å². The molecule has 0 atom stereocenters. The van der Waals surface area contributed by atoms with E-state index in [0.717, 1.165) is 42.5 Å². The molecule has 1 aliphatic carbocycles. The predicted octanol–water partition coefficient (Wildman–Crippen LogP) is 8.20. The lowest BCUT2D eigenvalue weighted by atomic mass is 9.95. The molecule has 0 radical (unpaired) electrons. The fraction of sp³-hybridized carbons (Fsp3) is 0.154. The molecule has 2 heterocycles. The van der Waals surface area contributed by atoms with Gasteiger partial charge in [0.05, 0.1) is 16.8 Å². The molecule has 0 saturated carbocycles. The molecule has 2 aromatic carbocycles. The highest BCUT2D eigenvalue weighted by molar-refractivity contribution is 7.16. The monoisotopic (exact) mass is 494 g/mol. The number of rotatable bonds is 5. The van der Waals surface area contributed by atoms with E-state index in [4.69, 9.17) is 27.6 Å². The second-order valence-corrected chi connectivity index (χ2v) is 9.72. The minimum Gasteiger partial charge on any atom is -0.455 e. The Balaban J connectivity index is 1.45. The van der Waals surface area contributed by atoms with Gasteiger partial charge in [-0.15, -0.1) is 11.3 Å². The molecule has 0 aliphatic heterocycles. The summed E-state index contributed by atoms with van der Waals surface area (Å²) in [5.41, 5.74) is 3.28. The molecule has 166 valence electrons. The molecule has 1 aliphatic rings. The summed E-state index contributed by atoms with van der Waals surface area (Å²) in [5, 5.41) is 4.86. The Morgan fingerprint density at radius 3 is 2.70 bits per heavy atom. The van der Waals surface area contributed by atoms with Crippen LogP contribution in [0.5, 0.6) is 0 Å². The second kappa shape index (κ2) is 9.56. The van der Waals surface area contributed by atoms with Gasteiger partial charge in [0, 0.05) is 21.2 Å².